The van der Waals surface area contributed by atoms with Crippen LogP contribution in [0.4, 0.5) is 8.78 Å². The lowest BCUT2D eigenvalue weighted by Gasteiger charge is -2.10. The normalized spacial score (nSPS) is 11.0. The van der Waals surface area contributed by atoms with Crippen LogP contribution in [-0.2, 0) is 13.1 Å². The highest BCUT2D eigenvalue weighted by Crippen LogP contribution is 2.19. The second-order valence-corrected chi connectivity index (χ2v) is 5.83. The molecule has 0 bridgehead atoms. The number of halogens is 3. The van der Waals surface area contributed by atoms with E-state index in [1.807, 2.05) is 43.3 Å². The van der Waals surface area contributed by atoms with Gasteiger partial charge in [-0.15, -0.1) is 24.0 Å². The number of guanidine groups is 1. The van der Waals surface area contributed by atoms with Crippen molar-refractivity contribution in [2.45, 2.75) is 20.0 Å². The van der Waals surface area contributed by atoms with E-state index in [4.69, 9.17) is 4.52 Å². The number of aliphatic imine (C=N–C) groups is 1. The molecule has 5 nitrogen and oxygen atoms in total. The quantitative estimate of drug-likeness (QED) is 0.299. The summed E-state index contributed by atoms with van der Waals surface area (Å²) in [7, 11) is 0. The Morgan fingerprint density at radius 3 is 2.61 bits per heavy atom. The van der Waals surface area contributed by atoms with Crippen LogP contribution >= 0.6 is 24.0 Å². The maximum atomic E-state index is 13.7. The molecule has 2 N–H and O–H groups in total. The minimum absolute atomic E-state index is 0. The van der Waals surface area contributed by atoms with Gasteiger partial charge in [0.2, 0.25) is 0 Å². The van der Waals surface area contributed by atoms with E-state index < -0.39 is 11.6 Å². The molecule has 3 rings (SSSR count). The SMILES string of the molecule is CCNC(=NCc1cc(F)ccc1F)NCc1cc(-c2ccccc2)on1.I. The largest absolute Gasteiger partial charge is 0.357 e. The molecule has 2 aromatic carbocycles. The van der Waals surface area contributed by atoms with E-state index in [0.717, 1.165) is 23.8 Å². The summed E-state index contributed by atoms with van der Waals surface area (Å²) in [6, 6.07) is 14.8. The Morgan fingerprint density at radius 1 is 1.07 bits per heavy atom. The van der Waals surface area contributed by atoms with Crippen molar-refractivity contribution in [3.05, 3.63) is 77.5 Å². The first kappa shape index (κ1) is 21.8. The number of benzene rings is 2. The maximum absolute atomic E-state index is 13.7. The van der Waals surface area contributed by atoms with E-state index in [1.54, 1.807) is 0 Å². The molecule has 0 amide bonds. The van der Waals surface area contributed by atoms with Crippen molar-refractivity contribution in [3.63, 3.8) is 0 Å². The van der Waals surface area contributed by atoms with Gasteiger partial charge in [0.05, 0.1) is 13.1 Å². The zero-order valence-corrected chi connectivity index (χ0v) is 17.6. The van der Waals surface area contributed by atoms with Gasteiger partial charge < -0.3 is 15.2 Å². The minimum atomic E-state index is -0.490. The molecule has 0 radical (unpaired) electrons. The van der Waals surface area contributed by atoms with Crippen molar-refractivity contribution in [1.82, 2.24) is 15.8 Å². The average Bonchev–Trinajstić information content (AvgIpc) is 3.16. The van der Waals surface area contributed by atoms with Crippen LogP contribution < -0.4 is 10.6 Å². The smallest absolute Gasteiger partial charge is 0.191 e. The van der Waals surface area contributed by atoms with Gasteiger partial charge in [-0.1, -0.05) is 35.5 Å². The molecule has 8 heteroatoms. The van der Waals surface area contributed by atoms with Gasteiger partial charge in [0.1, 0.15) is 17.3 Å². The third-order valence-electron chi connectivity index (χ3n) is 3.81. The molecule has 0 aliphatic carbocycles. The molecule has 3 aromatic rings. The summed E-state index contributed by atoms with van der Waals surface area (Å²) < 4.78 is 32.3. The fraction of sp³-hybridized carbons (Fsp3) is 0.200. The third-order valence-corrected chi connectivity index (χ3v) is 3.81. The van der Waals surface area contributed by atoms with Crippen molar-refractivity contribution in [1.29, 1.82) is 0 Å². The van der Waals surface area contributed by atoms with Crippen LogP contribution in [0.15, 0.2) is 64.1 Å². The van der Waals surface area contributed by atoms with Gasteiger partial charge in [-0.05, 0) is 25.1 Å². The Bertz CT molecular complexity index is 916. The second-order valence-electron chi connectivity index (χ2n) is 5.83. The fourth-order valence-electron chi connectivity index (χ4n) is 2.48. The van der Waals surface area contributed by atoms with E-state index in [2.05, 4.69) is 20.8 Å². The van der Waals surface area contributed by atoms with Crippen LogP contribution in [0.2, 0.25) is 0 Å². The lowest BCUT2D eigenvalue weighted by atomic mass is 10.2. The predicted molar refractivity (Wildman–Crippen MR) is 115 cm³/mol. The highest BCUT2D eigenvalue weighted by molar-refractivity contribution is 14.0. The molecule has 0 saturated carbocycles. The Kier molecular flexibility index (Phi) is 8.37. The Balaban J connectivity index is 0.00000280. The van der Waals surface area contributed by atoms with E-state index in [9.17, 15) is 8.78 Å². The van der Waals surface area contributed by atoms with Crippen molar-refractivity contribution < 1.29 is 13.3 Å². The first-order valence-electron chi connectivity index (χ1n) is 8.63. The summed E-state index contributed by atoms with van der Waals surface area (Å²) in [6.45, 7) is 2.95. The molecule has 0 aliphatic heterocycles. The summed E-state index contributed by atoms with van der Waals surface area (Å²) in [4.78, 5) is 4.30. The third kappa shape index (κ3) is 6.01. The average molecular weight is 498 g/mol. The zero-order valence-electron chi connectivity index (χ0n) is 15.3. The molecule has 28 heavy (non-hydrogen) atoms. The van der Waals surface area contributed by atoms with Gasteiger partial charge in [-0.2, -0.15) is 0 Å². The lowest BCUT2D eigenvalue weighted by Crippen LogP contribution is -2.36. The molecular formula is C20H21F2IN4O. The highest BCUT2D eigenvalue weighted by Gasteiger charge is 2.08. The van der Waals surface area contributed by atoms with Crippen molar-refractivity contribution in [3.8, 4) is 11.3 Å². The molecular weight excluding hydrogens is 477 g/mol. The standard InChI is InChI=1S/C20H20F2N4O.HI/c1-2-23-20(24-12-15-10-16(21)8-9-18(15)22)25-13-17-11-19(27-26-17)14-6-4-3-5-7-14;/h3-11H,2,12-13H2,1H3,(H2,23,24,25);1H. The van der Waals surface area contributed by atoms with Crippen molar-refractivity contribution in [2.75, 3.05) is 6.54 Å². The van der Waals surface area contributed by atoms with Crippen molar-refractivity contribution in [2.24, 2.45) is 4.99 Å². The van der Waals surface area contributed by atoms with Crippen LogP contribution in [0.25, 0.3) is 11.3 Å². The number of hydrogen-bond acceptors (Lipinski definition) is 3. The van der Waals surface area contributed by atoms with E-state index in [-0.39, 0.29) is 36.1 Å². The van der Waals surface area contributed by atoms with Crippen molar-refractivity contribution >= 4 is 29.9 Å². The Hall–Kier alpha value is -2.49. The van der Waals surface area contributed by atoms with Gasteiger partial charge >= 0.3 is 0 Å². The highest BCUT2D eigenvalue weighted by atomic mass is 127. The molecule has 0 aliphatic rings. The number of nitrogens with one attached hydrogen (secondary N) is 2. The number of hydrogen-bond donors (Lipinski definition) is 2. The monoisotopic (exact) mass is 498 g/mol. The molecule has 0 spiro atoms. The molecule has 0 fully saturated rings. The fourth-order valence-corrected chi connectivity index (χ4v) is 2.48. The number of aromatic nitrogens is 1. The number of nitrogens with zero attached hydrogens (tertiary/aromatic N) is 2. The summed E-state index contributed by atoms with van der Waals surface area (Å²) in [5, 5.41) is 10.2. The summed E-state index contributed by atoms with van der Waals surface area (Å²) in [5.74, 6) is 0.178. The first-order valence-corrected chi connectivity index (χ1v) is 8.63. The zero-order chi connectivity index (χ0) is 19.1. The minimum Gasteiger partial charge on any atom is -0.357 e. The lowest BCUT2D eigenvalue weighted by molar-refractivity contribution is 0.422. The van der Waals surface area contributed by atoms with E-state index >= 15 is 0 Å². The maximum Gasteiger partial charge on any atom is 0.191 e. The van der Waals surface area contributed by atoms with E-state index in [0.29, 0.717) is 30.5 Å². The van der Waals surface area contributed by atoms with Crippen LogP contribution in [0.1, 0.15) is 18.2 Å². The summed E-state index contributed by atoms with van der Waals surface area (Å²) in [6.07, 6.45) is 0. The van der Waals surface area contributed by atoms with Crippen LogP contribution in [0, 0.1) is 11.6 Å². The number of rotatable bonds is 6. The predicted octanol–water partition coefficient (Wildman–Crippen LogP) is 4.49. The van der Waals surface area contributed by atoms with Gasteiger partial charge in [0, 0.05) is 23.7 Å². The van der Waals surface area contributed by atoms with Gasteiger partial charge in [0.15, 0.2) is 11.7 Å². The van der Waals surface area contributed by atoms with Gasteiger partial charge in [-0.25, -0.2) is 13.8 Å². The summed E-state index contributed by atoms with van der Waals surface area (Å²) in [5.41, 5.74) is 1.84. The van der Waals surface area contributed by atoms with E-state index in [1.165, 1.54) is 0 Å². The molecule has 0 unspecified atom stereocenters. The molecule has 0 saturated heterocycles. The molecule has 148 valence electrons. The molecule has 1 heterocycles. The van der Waals surface area contributed by atoms with Gasteiger partial charge in [0.25, 0.3) is 0 Å². The van der Waals surface area contributed by atoms with Crippen LogP contribution in [0.3, 0.4) is 0 Å². The van der Waals surface area contributed by atoms with Crippen LogP contribution in [0.5, 0.6) is 0 Å². The van der Waals surface area contributed by atoms with Gasteiger partial charge in [-0.3, -0.25) is 0 Å². The Morgan fingerprint density at radius 2 is 1.86 bits per heavy atom. The molecule has 1 aromatic heterocycles. The second kappa shape index (κ2) is 10.7. The summed E-state index contributed by atoms with van der Waals surface area (Å²) >= 11 is 0. The van der Waals surface area contributed by atoms with Crippen LogP contribution in [-0.4, -0.2) is 17.7 Å². The Labute approximate surface area is 179 Å². The molecule has 0 atom stereocenters. The topological polar surface area (TPSA) is 62.5 Å². The first-order chi connectivity index (χ1) is 13.2.